The monoisotopic (exact) mass is 253 g/mol. The quantitative estimate of drug-likeness (QED) is 0.848. The first-order valence-corrected chi connectivity index (χ1v) is 6.81. The molecule has 2 heterocycles. The van der Waals surface area contributed by atoms with Crippen molar-refractivity contribution in [2.24, 2.45) is 11.8 Å². The summed E-state index contributed by atoms with van der Waals surface area (Å²) in [6.45, 7) is 8.54. The molecule has 1 aliphatic heterocycles. The van der Waals surface area contributed by atoms with Gasteiger partial charge in [-0.2, -0.15) is 0 Å². The van der Waals surface area contributed by atoms with Crippen molar-refractivity contribution in [3.8, 4) is 0 Å². The van der Waals surface area contributed by atoms with Crippen LogP contribution in [-0.2, 0) is 11.3 Å². The van der Waals surface area contributed by atoms with Crippen molar-refractivity contribution in [1.82, 2.24) is 15.6 Å². The molecule has 4 nitrogen and oxygen atoms in total. The number of carbonyl (C=O) groups excluding carboxylic acids is 1. The highest BCUT2D eigenvalue weighted by atomic mass is 32.1. The maximum absolute atomic E-state index is 11.9. The van der Waals surface area contributed by atoms with E-state index in [1.165, 1.54) is 4.88 Å². The van der Waals surface area contributed by atoms with E-state index in [1.54, 1.807) is 11.3 Å². The second kappa shape index (κ2) is 5.14. The first kappa shape index (κ1) is 12.5. The molecule has 0 spiro atoms. The van der Waals surface area contributed by atoms with Gasteiger partial charge in [0.2, 0.25) is 5.91 Å². The fourth-order valence-corrected chi connectivity index (χ4v) is 2.69. The minimum absolute atomic E-state index is 0.0957. The number of nitrogens with one attached hydrogen (secondary N) is 2. The van der Waals surface area contributed by atoms with Gasteiger partial charge in [-0.1, -0.05) is 6.92 Å². The standard InChI is InChI=1S/C12H19N3OS/c1-7(10-4-13-5-10)12(16)14-6-11-15-8(2)9(3)17-11/h7,10,13H,4-6H2,1-3H3,(H,14,16). The number of aryl methyl sites for hydroxylation is 2. The van der Waals surface area contributed by atoms with Gasteiger partial charge >= 0.3 is 0 Å². The van der Waals surface area contributed by atoms with Crippen LogP contribution in [0.2, 0.25) is 0 Å². The van der Waals surface area contributed by atoms with Gasteiger partial charge in [0.25, 0.3) is 0 Å². The average Bonchev–Trinajstić information content (AvgIpc) is 2.52. The lowest BCUT2D eigenvalue weighted by Gasteiger charge is -2.31. The van der Waals surface area contributed by atoms with E-state index in [2.05, 4.69) is 22.5 Å². The fourth-order valence-electron chi connectivity index (χ4n) is 1.82. The van der Waals surface area contributed by atoms with Gasteiger partial charge in [-0.15, -0.1) is 11.3 Å². The third-order valence-corrected chi connectivity index (χ3v) is 4.49. The molecule has 0 saturated carbocycles. The number of thiazole rings is 1. The van der Waals surface area contributed by atoms with Crippen LogP contribution in [0, 0.1) is 25.7 Å². The summed E-state index contributed by atoms with van der Waals surface area (Å²) in [5.41, 5.74) is 1.07. The summed E-state index contributed by atoms with van der Waals surface area (Å²) in [4.78, 5) is 17.5. The van der Waals surface area contributed by atoms with E-state index >= 15 is 0 Å². The van der Waals surface area contributed by atoms with Gasteiger partial charge in [0.15, 0.2) is 0 Å². The largest absolute Gasteiger partial charge is 0.349 e. The summed E-state index contributed by atoms with van der Waals surface area (Å²) in [7, 11) is 0. The Labute approximate surface area is 106 Å². The third kappa shape index (κ3) is 2.84. The van der Waals surface area contributed by atoms with Crippen LogP contribution in [0.5, 0.6) is 0 Å². The van der Waals surface area contributed by atoms with Crippen LogP contribution in [0.1, 0.15) is 22.5 Å². The second-order valence-electron chi connectivity index (χ2n) is 4.67. The van der Waals surface area contributed by atoms with Crippen LogP contribution in [0.3, 0.4) is 0 Å². The molecule has 17 heavy (non-hydrogen) atoms. The molecular weight excluding hydrogens is 234 g/mol. The highest BCUT2D eigenvalue weighted by Crippen LogP contribution is 2.18. The van der Waals surface area contributed by atoms with Gasteiger partial charge in [-0.25, -0.2) is 4.98 Å². The zero-order valence-corrected chi connectivity index (χ0v) is 11.4. The topological polar surface area (TPSA) is 54.0 Å². The van der Waals surface area contributed by atoms with Gasteiger partial charge in [0.05, 0.1) is 12.2 Å². The molecule has 1 atom stereocenters. The van der Waals surface area contributed by atoms with Crippen molar-refractivity contribution >= 4 is 17.2 Å². The third-order valence-electron chi connectivity index (χ3n) is 3.42. The summed E-state index contributed by atoms with van der Waals surface area (Å²) in [5, 5.41) is 7.15. The summed E-state index contributed by atoms with van der Waals surface area (Å²) in [6, 6.07) is 0. The first-order valence-electron chi connectivity index (χ1n) is 5.99. The van der Waals surface area contributed by atoms with E-state index in [-0.39, 0.29) is 11.8 Å². The number of carbonyl (C=O) groups is 1. The van der Waals surface area contributed by atoms with Crippen molar-refractivity contribution in [2.75, 3.05) is 13.1 Å². The molecule has 0 aliphatic carbocycles. The van der Waals surface area contributed by atoms with Gasteiger partial charge in [0.1, 0.15) is 5.01 Å². The smallest absolute Gasteiger partial charge is 0.223 e. The van der Waals surface area contributed by atoms with Crippen molar-refractivity contribution in [3.05, 3.63) is 15.6 Å². The molecule has 1 fully saturated rings. The molecule has 94 valence electrons. The molecule has 1 saturated heterocycles. The van der Waals surface area contributed by atoms with Gasteiger partial charge in [0, 0.05) is 10.8 Å². The lowest BCUT2D eigenvalue weighted by molar-refractivity contribution is -0.126. The van der Waals surface area contributed by atoms with E-state index in [0.717, 1.165) is 23.8 Å². The summed E-state index contributed by atoms with van der Waals surface area (Å²) >= 11 is 1.66. The van der Waals surface area contributed by atoms with E-state index in [1.807, 2.05) is 13.8 Å². The molecule has 2 rings (SSSR count). The Bertz CT molecular complexity index is 392. The fraction of sp³-hybridized carbons (Fsp3) is 0.667. The molecule has 1 aromatic heterocycles. The maximum atomic E-state index is 11.9. The number of nitrogens with zero attached hydrogens (tertiary/aromatic N) is 1. The molecule has 1 amide bonds. The minimum Gasteiger partial charge on any atom is -0.349 e. The van der Waals surface area contributed by atoms with E-state index in [9.17, 15) is 4.79 Å². The SMILES string of the molecule is Cc1nc(CNC(=O)C(C)C2CNC2)sc1C. The highest BCUT2D eigenvalue weighted by molar-refractivity contribution is 7.11. The Morgan fingerprint density at radius 1 is 1.59 bits per heavy atom. The first-order chi connectivity index (χ1) is 8.08. The molecule has 0 bridgehead atoms. The van der Waals surface area contributed by atoms with Crippen molar-refractivity contribution in [3.63, 3.8) is 0 Å². The Morgan fingerprint density at radius 3 is 2.76 bits per heavy atom. The number of amides is 1. The number of aromatic nitrogens is 1. The van der Waals surface area contributed by atoms with Crippen LogP contribution in [0.15, 0.2) is 0 Å². The molecule has 1 unspecified atom stereocenters. The molecule has 0 aromatic carbocycles. The van der Waals surface area contributed by atoms with Crippen molar-refractivity contribution < 1.29 is 4.79 Å². The normalized spacial score (nSPS) is 17.6. The second-order valence-corrected chi connectivity index (χ2v) is 5.96. The Kier molecular flexibility index (Phi) is 3.79. The Balaban J connectivity index is 1.83. The molecule has 1 aromatic rings. The molecule has 0 radical (unpaired) electrons. The zero-order chi connectivity index (χ0) is 12.4. The van der Waals surface area contributed by atoms with Crippen LogP contribution >= 0.6 is 11.3 Å². The van der Waals surface area contributed by atoms with Crippen LogP contribution < -0.4 is 10.6 Å². The predicted molar refractivity (Wildman–Crippen MR) is 69.0 cm³/mol. The average molecular weight is 253 g/mol. The molecular formula is C12H19N3OS. The number of rotatable bonds is 4. The summed E-state index contributed by atoms with van der Waals surface area (Å²) in [6.07, 6.45) is 0. The van der Waals surface area contributed by atoms with E-state index in [0.29, 0.717) is 12.5 Å². The van der Waals surface area contributed by atoms with Gasteiger partial charge in [-0.05, 0) is 32.9 Å². The molecule has 5 heteroatoms. The number of hydrogen-bond acceptors (Lipinski definition) is 4. The van der Waals surface area contributed by atoms with E-state index in [4.69, 9.17) is 0 Å². The Hall–Kier alpha value is -0.940. The van der Waals surface area contributed by atoms with Crippen LogP contribution in [0.4, 0.5) is 0 Å². The lowest BCUT2D eigenvalue weighted by atomic mass is 9.88. The van der Waals surface area contributed by atoms with Gasteiger partial charge in [-0.3, -0.25) is 4.79 Å². The highest BCUT2D eigenvalue weighted by Gasteiger charge is 2.28. The summed E-state index contributed by atoms with van der Waals surface area (Å²) < 4.78 is 0. The van der Waals surface area contributed by atoms with Crippen LogP contribution in [0.25, 0.3) is 0 Å². The molecule has 2 N–H and O–H groups in total. The van der Waals surface area contributed by atoms with E-state index < -0.39 is 0 Å². The van der Waals surface area contributed by atoms with Crippen LogP contribution in [-0.4, -0.2) is 24.0 Å². The number of hydrogen-bond donors (Lipinski definition) is 2. The van der Waals surface area contributed by atoms with Gasteiger partial charge < -0.3 is 10.6 Å². The van der Waals surface area contributed by atoms with Crippen molar-refractivity contribution in [2.45, 2.75) is 27.3 Å². The minimum atomic E-state index is 0.0957. The van der Waals surface area contributed by atoms with Crippen molar-refractivity contribution in [1.29, 1.82) is 0 Å². The predicted octanol–water partition coefficient (Wildman–Crippen LogP) is 1.23. The summed E-state index contributed by atoms with van der Waals surface area (Å²) in [5.74, 6) is 0.732. The zero-order valence-electron chi connectivity index (χ0n) is 10.5. The lowest BCUT2D eigenvalue weighted by Crippen LogP contribution is -2.49. The maximum Gasteiger partial charge on any atom is 0.223 e. The Morgan fingerprint density at radius 2 is 2.29 bits per heavy atom. The molecule has 1 aliphatic rings.